The topological polar surface area (TPSA) is 38.0 Å². The Hall–Kier alpha value is -1.35. The molecule has 1 atom stereocenters. The van der Waals surface area contributed by atoms with Crippen LogP contribution in [0.25, 0.3) is 11.0 Å². The molecular weight excluding hydrogens is 200 g/mol. The third-order valence-electron chi connectivity index (χ3n) is 3.07. The Morgan fingerprint density at radius 2 is 2.12 bits per heavy atom. The van der Waals surface area contributed by atoms with E-state index in [0.29, 0.717) is 5.92 Å². The van der Waals surface area contributed by atoms with Crippen molar-refractivity contribution >= 4 is 11.0 Å². The van der Waals surface area contributed by atoms with Crippen molar-refractivity contribution in [3.63, 3.8) is 0 Å². The number of para-hydroxylation sites is 2. The largest absolute Gasteiger partial charge is 0.388 e. The molecule has 0 saturated heterocycles. The maximum atomic E-state index is 9.32. The van der Waals surface area contributed by atoms with E-state index in [1.807, 2.05) is 18.2 Å². The van der Waals surface area contributed by atoms with E-state index in [1.54, 1.807) is 0 Å². The predicted molar refractivity (Wildman–Crippen MR) is 65.1 cm³/mol. The molecule has 3 heteroatoms. The van der Waals surface area contributed by atoms with Crippen molar-refractivity contribution in [3.8, 4) is 0 Å². The summed E-state index contributed by atoms with van der Waals surface area (Å²) in [6.07, 6.45) is 1.14. The first-order valence-electron chi connectivity index (χ1n) is 5.81. The number of benzene rings is 1. The second kappa shape index (κ2) is 4.66. The molecule has 2 rings (SSSR count). The lowest BCUT2D eigenvalue weighted by atomic mass is 10.1. The van der Waals surface area contributed by atoms with Crippen molar-refractivity contribution in [2.45, 2.75) is 33.4 Å². The fourth-order valence-corrected chi connectivity index (χ4v) is 1.89. The monoisotopic (exact) mass is 218 g/mol. The fourth-order valence-electron chi connectivity index (χ4n) is 1.89. The van der Waals surface area contributed by atoms with Gasteiger partial charge in [-0.25, -0.2) is 4.98 Å². The van der Waals surface area contributed by atoms with E-state index < -0.39 is 0 Å². The van der Waals surface area contributed by atoms with Crippen molar-refractivity contribution in [1.29, 1.82) is 0 Å². The van der Waals surface area contributed by atoms with E-state index in [4.69, 9.17) is 0 Å². The van der Waals surface area contributed by atoms with Crippen molar-refractivity contribution in [1.82, 2.24) is 9.55 Å². The number of aliphatic hydroxyl groups is 1. The molecule has 16 heavy (non-hydrogen) atoms. The minimum Gasteiger partial charge on any atom is -0.388 e. The molecule has 0 aliphatic heterocycles. The predicted octanol–water partition coefficient (Wildman–Crippen LogP) is 2.57. The summed E-state index contributed by atoms with van der Waals surface area (Å²) >= 11 is 0. The van der Waals surface area contributed by atoms with E-state index in [9.17, 15) is 5.11 Å². The lowest BCUT2D eigenvalue weighted by Crippen LogP contribution is -2.10. The Kier molecular flexibility index (Phi) is 3.25. The molecule has 3 nitrogen and oxygen atoms in total. The molecule has 0 spiro atoms. The van der Waals surface area contributed by atoms with Gasteiger partial charge in [-0.05, 0) is 18.1 Å². The van der Waals surface area contributed by atoms with Gasteiger partial charge < -0.3 is 9.67 Å². The molecule has 86 valence electrons. The molecule has 0 radical (unpaired) electrons. The molecule has 0 aliphatic carbocycles. The maximum absolute atomic E-state index is 9.32. The lowest BCUT2D eigenvalue weighted by Gasteiger charge is -2.12. The third-order valence-corrected chi connectivity index (χ3v) is 3.07. The minimum atomic E-state index is 0.00507. The molecule has 2 aromatic rings. The van der Waals surface area contributed by atoms with E-state index in [1.165, 1.54) is 0 Å². The van der Waals surface area contributed by atoms with E-state index in [0.717, 1.165) is 29.8 Å². The first-order valence-corrected chi connectivity index (χ1v) is 5.81. The van der Waals surface area contributed by atoms with Crippen LogP contribution in [-0.4, -0.2) is 14.7 Å². The molecule has 1 aromatic heterocycles. The van der Waals surface area contributed by atoms with Gasteiger partial charge in [-0.15, -0.1) is 0 Å². The molecule has 0 unspecified atom stereocenters. The van der Waals surface area contributed by atoms with Gasteiger partial charge in [0.1, 0.15) is 12.4 Å². The van der Waals surface area contributed by atoms with Crippen LogP contribution in [-0.2, 0) is 13.2 Å². The van der Waals surface area contributed by atoms with Crippen LogP contribution in [0.3, 0.4) is 0 Å². The molecule has 0 aliphatic rings. The van der Waals surface area contributed by atoms with Crippen molar-refractivity contribution in [2.24, 2.45) is 5.92 Å². The smallest absolute Gasteiger partial charge is 0.135 e. The third kappa shape index (κ3) is 1.95. The summed E-state index contributed by atoms with van der Waals surface area (Å²) in [6, 6.07) is 8.04. The Balaban J connectivity index is 2.47. The Bertz CT molecular complexity index is 476. The summed E-state index contributed by atoms with van der Waals surface area (Å²) in [4.78, 5) is 4.43. The first-order chi connectivity index (χ1) is 7.76. The highest BCUT2D eigenvalue weighted by Crippen LogP contribution is 2.18. The lowest BCUT2D eigenvalue weighted by molar-refractivity contribution is 0.263. The van der Waals surface area contributed by atoms with Crippen LogP contribution >= 0.6 is 0 Å². The van der Waals surface area contributed by atoms with Gasteiger partial charge in [0, 0.05) is 6.54 Å². The van der Waals surface area contributed by atoms with Crippen LogP contribution in [0.2, 0.25) is 0 Å². The van der Waals surface area contributed by atoms with Crippen LogP contribution in [0.5, 0.6) is 0 Å². The van der Waals surface area contributed by atoms with Gasteiger partial charge in [-0.3, -0.25) is 0 Å². The molecule has 0 amide bonds. The number of hydrogen-bond donors (Lipinski definition) is 1. The molecule has 0 bridgehead atoms. The van der Waals surface area contributed by atoms with E-state index in [2.05, 4.69) is 29.5 Å². The average Bonchev–Trinajstić information content (AvgIpc) is 2.67. The van der Waals surface area contributed by atoms with Crippen LogP contribution in [0.1, 0.15) is 26.1 Å². The molecule has 1 N–H and O–H groups in total. The zero-order valence-corrected chi connectivity index (χ0v) is 9.85. The van der Waals surface area contributed by atoms with Gasteiger partial charge in [-0.1, -0.05) is 32.4 Å². The normalized spacial score (nSPS) is 13.2. The number of fused-ring (bicyclic) bond motifs is 1. The average molecular weight is 218 g/mol. The quantitative estimate of drug-likeness (QED) is 0.856. The van der Waals surface area contributed by atoms with Gasteiger partial charge in [0.05, 0.1) is 11.0 Å². The van der Waals surface area contributed by atoms with Crippen LogP contribution in [0.15, 0.2) is 24.3 Å². The summed E-state index contributed by atoms with van der Waals surface area (Å²) in [5, 5.41) is 9.32. The second-order valence-electron chi connectivity index (χ2n) is 4.30. The number of aromatic nitrogens is 2. The number of rotatable bonds is 4. The molecular formula is C13H18N2O. The summed E-state index contributed by atoms with van der Waals surface area (Å²) in [6.45, 7) is 5.33. The summed E-state index contributed by atoms with van der Waals surface area (Å²) in [7, 11) is 0. The highest BCUT2D eigenvalue weighted by molar-refractivity contribution is 5.75. The van der Waals surface area contributed by atoms with E-state index in [-0.39, 0.29) is 6.61 Å². The van der Waals surface area contributed by atoms with Crippen LogP contribution < -0.4 is 0 Å². The Labute approximate surface area is 95.7 Å². The maximum Gasteiger partial charge on any atom is 0.135 e. The van der Waals surface area contributed by atoms with Crippen molar-refractivity contribution < 1.29 is 5.11 Å². The fraction of sp³-hybridized carbons (Fsp3) is 0.462. The standard InChI is InChI=1S/C13H18N2O/c1-3-10(2)8-15-12-7-5-4-6-11(12)14-13(15)9-16/h4-7,10,16H,3,8-9H2,1-2H3/t10-/m0/s1. The van der Waals surface area contributed by atoms with Crippen LogP contribution in [0.4, 0.5) is 0 Å². The summed E-state index contributed by atoms with van der Waals surface area (Å²) in [5.74, 6) is 1.37. The zero-order chi connectivity index (χ0) is 11.5. The molecule has 1 aromatic carbocycles. The number of aliphatic hydroxyl groups excluding tert-OH is 1. The summed E-state index contributed by atoms with van der Waals surface area (Å²) < 4.78 is 2.13. The number of nitrogens with zero attached hydrogens (tertiary/aromatic N) is 2. The number of hydrogen-bond acceptors (Lipinski definition) is 2. The highest BCUT2D eigenvalue weighted by Gasteiger charge is 2.11. The minimum absolute atomic E-state index is 0.00507. The van der Waals surface area contributed by atoms with Crippen molar-refractivity contribution in [2.75, 3.05) is 0 Å². The summed E-state index contributed by atoms with van der Waals surface area (Å²) in [5.41, 5.74) is 2.08. The first kappa shape index (κ1) is 11.1. The molecule has 1 heterocycles. The van der Waals surface area contributed by atoms with Gasteiger partial charge in [-0.2, -0.15) is 0 Å². The number of imidazole rings is 1. The Morgan fingerprint density at radius 3 is 2.81 bits per heavy atom. The van der Waals surface area contributed by atoms with E-state index >= 15 is 0 Å². The zero-order valence-electron chi connectivity index (χ0n) is 9.85. The molecule has 0 saturated carbocycles. The Morgan fingerprint density at radius 1 is 1.38 bits per heavy atom. The molecule has 0 fully saturated rings. The second-order valence-corrected chi connectivity index (χ2v) is 4.30. The van der Waals surface area contributed by atoms with Gasteiger partial charge in [0.2, 0.25) is 0 Å². The van der Waals surface area contributed by atoms with Gasteiger partial charge in [0.15, 0.2) is 0 Å². The van der Waals surface area contributed by atoms with Crippen LogP contribution in [0, 0.1) is 5.92 Å². The van der Waals surface area contributed by atoms with Crippen molar-refractivity contribution in [3.05, 3.63) is 30.1 Å². The SMILES string of the molecule is CC[C@H](C)Cn1c(CO)nc2ccccc21. The van der Waals surface area contributed by atoms with Gasteiger partial charge >= 0.3 is 0 Å². The highest BCUT2D eigenvalue weighted by atomic mass is 16.3. The van der Waals surface area contributed by atoms with Gasteiger partial charge in [0.25, 0.3) is 0 Å².